The van der Waals surface area contributed by atoms with Crippen molar-refractivity contribution in [3.63, 3.8) is 0 Å². The summed E-state index contributed by atoms with van der Waals surface area (Å²) in [5, 5.41) is 9.06. The molecule has 36 heavy (non-hydrogen) atoms. The minimum atomic E-state index is -0.418. The van der Waals surface area contributed by atoms with Gasteiger partial charge in [0.05, 0.1) is 23.9 Å². The molecule has 3 N–H and O–H groups in total. The van der Waals surface area contributed by atoms with Crippen molar-refractivity contribution in [3.05, 3.63) is 59.5 Å². The zero-order chi connectivity index (χ0) is 27.0. The molecule has 3 amide bonds. The van der Waals surface area contributed by atoms with Crippen molar-refractivity contribution in [1.29, 1.82) is 0 Å². The summed E-state index contributed by atoms with van der Waals surface area (Å²) >= 11 is 0. The molecule has 1 aromatic carbocycles. The molecule has 9 heteroatoms. The third-order valence-corrected chi connectivity index (χ3v) is 5.96. The van der Waals surface area contributed by atoms with Gasteiger partial charge in [0.2, 0.25) is 5.91 Å². The Morgan fingerprint density at radius 2 is 1.94 bits per heavy atom. The molecule has 1 saturated heterocycles. The summed E-state index contributed by atoms with van der Waals surface area (Å²) in [5.41, 5.74) is 1.86. The second kappa shape index (κ2) is 12.9. The van der Waals surface area contributed by atoms with Crippen LogP contribution in [0, 0.1) is 24.6 Å². The predicted octanol–water partition coefficient (Wildman–Crippen LogP) is 5.03. The minimum Gasteiger partial charge on any atom is -0.459 e. The van der Waals surface area contributed by atoms with E-state index >= 15 is 0 Å². The first kappa shape index (κ1) is 28.6. The molecule has 196 valence electrons. The van der Waals surface area contributed by atoms with Crippen LogP contribution in [0.15, 0.2) is 51.8 Å². The van der Waals surface area contributed by atoms with Gasteiger partial charge in [0.15, 0.2) is 0 Å². The summed E-state index contributed by atoms with van der Waals surface area (Å²) in [6.07, 6.45) is 3.24. The fraction of sp³-hybridized carbons (Fsp3) is 0.444. The van der Waals surface area contributed by atoms with Crippen molar-refractivity contribution in [2.45, 2.75) is 47.6 Å². The molecule has 0 bridgehead atoms. The molecule has 0 radical (unpaired) electrons. The molecule has 1 unspecified atom stereocenters. The van der Waals surface area contributed by atoms with Gasteiger partial charge in [0.1, 0.15) is 23.0 Å². The van der Waals surface area contributed by atoms with Gasteiger partial charge in [-0.3, -0.25) is 4.79 Å². The van der Waals surface area contributed by atoms with Crippen LogP contribution in [0.5, 0.6) is 0 Å². The maximum absolute atomic E-state index is 13.7. The Balaban J connectivity index is 0.00000222. The fourth-order valence-corrected chi connectivity index (χ4v) is 3.82. The molecule has 1 aliphatic rings. The molecule has 2 heterocycles. The van der Waals surface area contributed by atoms with Crippen LogP contribution in [0.1, 0.15) is 52.0 Å². The fourth-order valence-electron chi connectivity index (χ4n) is 3.82. The van der Waals surface area contributed by atoms with Crippen molar-refractivity contribution in [2.24, 2.45) is 16.8 Å². The Hall–Kier alpha value is -3.62. The van der Waals surface area contributed by atoms with Crippen molar-refractivity contribution in [1.82, 2.24) is 20.9 Å². The largest absolute Gasteiger partial charge is 0.459 e. The van der Waals surface area contributed by atoms with Crippen molar-refractivity contribution >= 4 is 29.1 Å². The Morgan fingerprint density at radius 3 is 2.53 bits per heavy atom. The number of aryl methyl sites for hydroxylation is 1. The van der Waals surface area contributed by atoms with Gasteiger partial charge in [0, 0.05) is 31.1 Å². The van der Waals surface area contributed by atoms with Crippen LogP contribution in [0.4, 0.5) is 9.18 Å². The van der Waals surface area contributed by atoms with E-state index in [2.05, 4.69) is 27.5 Å². The van der Waals surface area contributed by atoms with E-state index in [-0.39, 0.29) is 23.6 Å². The van der Waals surface area contributed by atoms with Crippen molar-refractivity contribution in [2.75, 3.05) is 20.1 Å². The van der Waals surface area contributed by atoms with E-state index < -0.39 is 12.1 Å². The summed E-state index contributed by atoms with van der Waals surface area (Å²) in [6.45, 7) is 16.6. The molecular formula is C27H38FN5O3. The minimum absolute atomic E-state index is 0.00467. The SMILES string of the molecule is C=C(/N=C\C(=C/C)NC(=O)NC(c1oc2ccc(F)cc2c1C)C(C)C)N1CC(C(=O)NC)C1.CC. The lowest BCUT2D eigenvalue weighted by Gasteiger charge is -2.39. The number of halogens is 1. The van der Waals surface area contributed by atoms with E-state index in [1.807, 2.05) is 39.5 Å². The number of nitrogens with zero attached hydrogens (tertiary/aromatic N) is 2. The average Bonchev–Trinajstić information content (AvgIpc) is 3.15. The first-order valence-electron chi connectivity index (χ1n) is 12.3. The Labute approximate surface area is 212 Å². The highest BCUT2D eigenvalue weighted by molar-refractivity contribution is 5.88. The standard InChI is InChI=1S/C25H32FN5O3.C2H6/c1-7-19(11-28-16(5)31-12-17(13-31)24(32)27-6)29-25(33)30-22(14(2)3)23-15(4)20-10-18(26)8-9-21(20)34-23;1-2/h7-11,14,17,22H,5,12-13H2,1-4,6H3,(H,27,32)(H2,29,30,33);1-2H3/b19-7+,28-11-;. The van der Waals surface area contributed by atoms with Gasteiger partial charge in [-0.2, -0.15) is 0 Å². The molecule has 1 aliphatic heterocycles. The van der Waals surface area contributed by atoms with E-state index in [1.54, 1.807) is 26.1 Å². The van der Waals surface area contributed by atoms with Crippen molar-refractivity contribution < 1.29 is 18.4 Å². The number of benzene rings is 1. The molecule has 2 aromatic rings. The number of amides is 3. The topological polar surface area (TPSA) is 99.0 Å². The normalized spacial score (nSPS) is 14.8. The average molecular weight is 500 g/mol. The van der Waals surface area contributed by atoms with E-state index in [4.69, 9.17) is 4.42 Å². The molecule has 1 aromatic heterocycles. The Morgan fingerprint density at radius 1 is 1.28 bits per heavy atom. The Bertz CT molecular complexity index is 1150. The second-order valence-electron chi connectivity index (χ2n) is 8.69. The van der Waals surface area contributed by atoms with E-state index in [9.17, 15) is 14.0 Å². The maximum atomic E-state index is 13.7. The molecule has 8 nitrogen and oxygen atoms in total. The number of furan rings is 1. The number of fused-ring (bicyclic) bond motifs is 1. The maximum Gasteiger partial charge on any atom is 0.319 e. The highest BCUT2D eigenvalue weighted by Crippen LogP contribution is 2.33. The Kier molecular flexibility index (Phi) is 10.3. The van der Waals surface area contributed by atoms with E-state index in [1.165, 1.54) is 18.3 Å². The van der Waals surface area contributed by atoms with Crippen LogP contribution >= 0.6 is 0 Å². The van der Waals surface area contributed by atoms with Crippen LogP contribution in [0.2, 0.25) is 0 Å². The lowest BCUT2D eigenvalue weighted by molar-refractivity contribution is -0.128. The van der Waals surface area contributed by atoms with Gasteiger partial charge in [-0.05, 0) is 38.0 Å². The lowest BCUT2D eigenvalue weighted by atomic mass is 9.98. The summed E-state index contributed by atoms with van der Waals surface area (Å²) < 4.78 is 19.7. The van der Waals surface area contributed by atoms with Crippen molar-refractivity contribution in [3.8, 4) is 0 Å². The molecule has 0 aliphatic carbocycles. The summed E-state index contributed by atoms with van der Waals surface area (Å²) in [6, 6.07) is 3.55. The number of rotatable bonds is 8. The van der Waals surface area contributed by atoms with Crippen LogP contribution < -0.4 is 16.0 Å². The van der Waals surface area contributed by atoms with Gasteiger partial charge < -0.3 is 25.3 Å². The van der Waals surface area contributed by atoms with Gasteiger partial charge in [-0.25, -0.2) is 14.2 Å². The number of urea groups is 1. The monoisotopic (exact) mass is 499 g/mol. The van der Waals surface area contributed by atoms with Crippen LogP contribution in [0.3, 0.4) is 0 Å². The third kappa shape index (κ3) is 6.74. The number of allylic oxidation sites excluding steroid dienone is 2. The van der Waals surface area contributed by atoms with E-state index in [0.717, 1.165) is 5.56 Å². The number of hydrogen-bond donors (Lipinski definition) is 3. The highest BCUT2D eigenvalue weighted by atomic mass is 19.1. The predicted molar refractivity (Wildman–Crippen MR) is 142 cm³/mol. The quantitative estimate of drug-likeness (QED) is 0.444. The van der Waals surface area contributed by atoms with Crippen LogP contribution in [-0.4, -0.2) is 43.2 Å². The molecule has 1 atom stereocenters. The smallest absolute Gasteiger partial charge is 0.319 e. The lowest BCUT2D eigenvalue weighted by Crippen LogP contribution is -2.51. The summed E-state index contributed by atoms with van der Waals surface area (Å²) in [7, 11) is 1.62. The molecule has 0 saturated carbocycles. The van der Waals surface area contributed by atoms with Gasteiger partial charge in [-0.1, -0.05) is 40.3 Å². The summed E-state index contributed by atoms with van der Waals surface area (Å²) in [4.78, 5) is 30.6. The van der Waals surface area contributed by atoms with Gasteiger partial charge in [0.25, 0.3) is 0 Å². The van der Waals surface area contributed by atoms with Gasteiger partial charge >= 0.3 is 6.03 Å². The number of carbonyl (C=O) groups is 2. The van der Waals surface area contributed by atoms with E-state index in [0.29, 0.717) is 41.3 Å². The molecule has 0 spiro atoms. The zero-order valence-corrected chi connectivity index (χ0v) is 22.2. The number of carbonyl (C=O) groups excluding carboxylic acids is 2. The van der Waals surface area contributed by atoms with Gasteiger partial charge in [-0.15, -0.1) is 0 Å². The second-order valence-corrected chi connectivity index (χ2v) is 8.69. The first-order chi connectivity index (χ1) is 17.1. The highest BCUT2D eigenvalue weighted by Gasteiger charge is 2.32. The number of nitrogens with one attached hydrogen (secondary N) is 3. The van der Waals surface area contributed by atoms with Crippen LogP contribution in [0.25, 0.3) is 11.0 Å². The zero-order valence-electron chi connectivity index (χ0n) is 22.2. The number of hydrogen-bond acceptors (Lipinski definition) is 5. The molecule has 3 rings (SSSR count). The molecule has 1 fully saturated rings. The third-order valence-electron chi connectivity index (χ3n) is 5.96. The first-order valence-corrected chi connectivity index (χ1v) is 12.3. The molecular weight excluding hydrogens is 461 g/mol. The number of likely N-dealkylation sites (tertiary alicyclic amines) is 1. The number of aliphatic imine (C=N–C) groups is 1. The van der Waals surface area contributed by atoms with Crippen LogP contribution in [-0.2, 0) is 4.79 Å². The summed E-state index contributed by atoms with van der Waals surface area (Å²) in [5.74, 6) is 0.746.